The van der Waals surface area contributed by atoms with Gasteiger partial charge in [-0.1, -0.05) is 38.0 Å². The Balaban J connectivity index is 1.46. The minimum absolute atomic E-state index is 0.000652. The number of hydrogen-bond acceptors (Lipinski definition) is 4. The summed E-state index contributed by atoms with van der Waals surface area (Å²) in [5, 5.41) is 2.79. The average molecular weight is 392 g/mol. The van der Waals surface area contributed by atoms with Crippen molar-refractivity contribution in [2.24, 2.45) is 0 Å². The SMILES string of the molecule is CCCCC/C=C/C=C/C(=O)N1C[C@@H]2C[C@H]1CN2C(=O)[C@@H]1CSCC(=O)N1. The van der Waals surface area contributed by atoms with Crippen LogP contribution >= 0.6 is 11.8 Å². The number of thioether (sulfide) groups is 1. The topological polar surface area (TPSA) is 69.7 Å². The van der Waals surface area contributed by atoms with Crippen molar-refractivity contribution in [1.29, 1.82) is 0 Å². The first-order valence-corrected chi connectivity index (χ1v) is 11.1. The monoisotopic (exact) mass is 391 g/mol. The number of unbranched alkanes of at least 4 members (excludes halogenated alkanes) is 3. The van der Waals surface area contributed by atoms with Crippen molar-refractivity contribution in [3.05, 3.63) is 24.3 Å². The number of rotatable bonds is 7. The van der Waals surface area contributed by atoms with Gasteiger partial charge in [-0.15, -0.1) is 11.8 Å². The molecular formula is C20H29N3O3S. The highest BCUT2D eigenvalue weighted by atomic mass is 32.2. The molecule has 0 spiro atoms. The lowest BCUT2D eigenvalue weighted by Crippen LogP contribution is -2.57. The van der Waals surface area contributed by atoms with Crippen molar-refractivity contribution in [3.63, 3.8) is 0 Å². The van der Waals surface area contributed by atoms with Gasteiger partial charge in [-0.25, -0.2) is 0 Å². The third-order valence-electron chi connectivity index (χ3n) is 5.42. The molecule has 148 valence electrons. The summed E-state index contributed by atoms with van der Waals surface area (Å²) in [7, 11) is 0. The third-order valence-corrected chi connectivity index (χ3v) is 6.45. The Morgan fingerprint density at radius 1 is 1.19 bits per heavy atom. The maximum Gasteiger partial charge on any atom is 0.246 e. The third kappa shape index (κ3) is 4.94. The fourth-order valence-corrected chi connectivity index (χ4v) is 4.86. The van der Waals surface area contributed by atoms with Crippen LogP contribution in [0, 0.1) is 0 Å². The highest BCUT2D eigenvalue weighted by molar-refractivity contribution is 8.00. The molecule has 3 aliphatic rings. The summed E-state index contributed by atoms with van der Waals surface area (Å²) >= 11 is 1.50. The molecule has 0 radical (unpaired) electrons. The van der Waals surface area contributed by atoms with E-state index in [-0.39, 0.29) is 29.8 Å². The number of carbonyl (C=O) groups is 3. The molecule has 0 aliphatic carbocycles. The molecule has 1 N–H and O–H groups in total. The van der Waals surface area contributed by atoms with Gasteiger partial charge in [0.05, 0.1) is 17.8 Å². The largest absolute Gasteiger partial charge is 0.343 e. The lowest BCUT2D eigenvalue weighted by atomic mass is 10.2. The van der Waals surface area contributed by atoms with E-state index in [1.807, 2.05) is 22.0 Å². The lowest BCUT2D eigenvalue weighted by Gasteiger charge is -2.36. The van der Waals surface area contributed by atoms with Crippen LogP contribution in [-0.4, -0.2) is 70.2 Å². The summed E-state index contributed by atoms with van der Waals surface area (Å²) in [6.07, 6.45) is 13.0. The fourth-order valence-electron chi connectivity index (χ4n) is 4.01. The molecule has 3 saturated heterocycles. The Bertz CT molecular complexity index is 634. The van der Waals surface area contributed by atoms with E-state index in [0.29, 0.717) is 24.6 Å². The first-order chi connectivity index (χ1) is 13.1. The first kappa shape index (κ1) is 20.0. The zero-order valence-electron chi connectivity index (χ0n) is 15.9. The molecule has 3 amide bonds. The molecule has 3 aliphatic heterocycles. The zero-order chi connectivity index (χ0) is 19.2. The summed E-state index contributed by atoms with van der Waals surface area (Å²) in [5.74, 6) is 1.01. The van der Waals surface area contributed by atoms with Crippen LogP contribution in [0.5, 0.6) is 0 Å². The number of fused-ring (bicyclic) bond motifs is 2. The van der Waals surface area contributed by atoms with Gasteiger partial charge in [0, 0.05) is 24.9 Å². The molecule has 3 fully saturated rings. The zero-order valence-corrected chi connectivity index (χ0v) is 16.7. The van der Waals surface area contributed by atoms with Gasteiger partial charge in [0.2, 0.25) is 17.7 Å². The molecule has 6 nitrogen and oxygen atoms in total. The van der Waals surface area contributed by atoms with Crippen LogP contribution < -0.4 is 5.32 Å². The molecule has 27 heavy (non-hydrogen) atoms. The minimum atomic E-state index is -0.419. The van der Waals surface area contributed by atoms with E-state index in [9.17, 15) is 14.4 Å². The molecular weight excluding hydrogens is 362 g/mol. The second-order valence-corrected chi connectivity index (χ2v) is 8.47. The van der Waals surface area contributed by atoms with E-state index in [4.69, 9.17) is 0 Å². The normalized spacial score (nSPS) is 27.7. The van der Waals surface area contributed by atoms with Crippen molar-refractivity contribution in [2.45, 2.75) is 57.2 Å². The van der Waals surface area contributed by atoms with Gasteiger partial charge in [-0.2, -0.15) is 0 Å². The van der Waals surface area contributed by atoms with Crippen LogP contribution in [-0.2, 0) is 14.4 Å². The van der Waals surface area contributed by atoms with Crippen molar-refractivity contribution >= 4 is 29.5 Å². The highest BCUT2D eigenvalue weighted by Gasteiger charge is 2.48. The van der Waals surface area contributed by atoms with Gasteiger partial charge in [-0.05, 0) is 19.3 Å². The van der Waals surface area contributed by atoms with Gasteiger partial charge in [0.25, 0.3) is 0 Å². The lowest BCUT2D eigenvalue weighted by molar-refractivity contribution is -0.140. The molecule has 0 aromatic rings. The second kappa shape index (κ2) is 9.44. The maximum absolute atomic E-state index is 12.7. The number of hydrogen-bond donors (Lipinski definition) is 1. The number of piperazine rings is 1. The van der Waals surface area contributed by atoms with E-state index >= 15 is 0 Å². The van der Waals surface area contributed by atoms with Gasteiger partial charge in [-0.3, -0.25) is 14.4 Å². The molecule has 2 bridgehead atoms. The highest BCUT2D eigenvalue weighted by Crippen LogP contribution is 2.31. The van der Waals surface area contributed by atoms with E-state index in [2.05, 4.69) is 18.3 Å². The van der Waals surface area contributed by atoms with Crippen LogP contribution in [0.2, 0.25) is 0 Å². The van der Waals surface area contributed by atoms with Crippen LogP contribution in [0.4, 0.5) is 0 Å². The van der Waals surface area contributed by atoms with Crippen molar-refractivity contribution < 1.29 is 14.4 Å². The van der Waals surface area contributed by atoms with E-state index in [1.165, 1.54) is 31.0 Å². The molecule has 0 aromatic heterocycles. The number of nitrogens with one attached hydrogen (secondary N) is 1. The molecule has 0 aromatic carbocycles. The average Bonchev–Trinajstić information content (AvgIpc) is 3.27. The molecule has 0 saturated carbocycles. The number of nitrogens with zero attached hydrogens (tertiary/aromatic N) is 2. The number of carbonyl (C=O) groups excluding carboxylic acids is 3. The predicted molar refractivity (Wildman–Crippen MR) is 107 cm³/mol. The van der Waals surface area contributed by atoms with Crippen LogP contribution in [0.3, 0.4) is 0 Å². The van der Waals surface area contributed by atoms with E-state index in [0.717, 1.165) is 12.8 Å². The summed E-state index contributed by atoms with van der Waals surface area (Å²) < 4.78 is 0. The van der Waals surface area contributed by atoms with Crippen LogP contribution in [0.15, 0.2) is 24.3 Å². The van der Waals surface area contributed by atoms with Gasteiger partial charge in [0.15, 0.2) is 0 Å². The molecule has 0 unspecified atom stereocenters. The predicted octanol–water partition coefficient (Wildman–Crippen LogP) is 1.72. The number of amides is 3. The Kier molecular flexibility index (Phi) is 6.99. The summed E-state index contributed by atoms with van der Waals surface area (Å²) in [6, 6.07) is -0.248. The van der Waals surface area contributed by atoms with Crippen molar-refractivity contribution in [2.75, 3.05) is 24.6 Å². The molecule has 3 rings (SSSR count). The van der Waals surface area contributed by atoms with Gasteiger partial charge >= 0.3 is 0 Å². The molecule has 3 heterocycles. The fraction of sp³-hybridized carbons (Fsp3) is 0.650. The quantitative estimate of drug-likeness (QED) is 0.408. The maximum atomic E-state index is 12.7. The standard InChI is InChI=1S/C20H29N3O3S/c1-2-3-4-5-6-7-8-9-19(25)22-11-16-10-15(22)12-23(16)20(26)17-13-27-14-18(24)21-17/h6-9,15-17H,2-5,10-14H2,1H3,(H,21,24)/b7-6+,9-8+/t15-,16-,17-/m0/s1. The Morgan fingerprint density at radius 3 is 2.67 bits per heavy atom. The Labute approximate surface area is 165 Å². The number of likely N-dealkylation sites (tertiary alicyclic amines) is 2. The first-order valence-electron chi connectivity index (χ1n) is 9.91. The van der Waals surface area contributed by atoms with Crippen LogP contribution in [0.1, 0.15) is 39.0 Å². The van der Waals surface area contributed by atoms with E-state index in [1.54, 1.807) is 6.08 Å². The van der Waals surface area contributed by atoms with Crippen molar-refractivity contribution in [3.8, 4) is 0 Å². The van der Waals surface area contributed by atoms with Crippen molar-refractivity contribution in [1.82, 2.24) is 15.1 Å². The van der Waals surface area contributed by atoms with Crippen LogP contribution in [0.25, 0.3) is 0 Å². The smallest absolute Gasteiger partial charge is 0.246 e. The Morgan fingerprint density at radius 2 is 1.96 bits per heavy atom. The number of allylic oxidation sites excluding steroid dienone is 3. The second-order valence-electron chi connectivity index (χ2n) is 7.44. The summed E-state index contributed by atoms with van der Waals surface area (Å²) in [6.45, 7) is 3.35. The minimum Gasteiger partial charge on any atom is -0.343 e. The molecule has 3 atom stereocenters. The Hall–Kier alpha value is -1.76. The summed E-state index contributed by atoms with van der Waals surface area (Å²) in [4.78, 5) is 40.4. The van der Waals surface area contributed by atoms with Gasteiger partial charge in [0.1, 0.15) is 6.04 Å². The van der Waals surface area contributed by atoms with E-state index < -0.39 is 6.04 Å². The summed E-state index contributed by atoms with van der Waals surface area (Å²) in [5.41, 5.74) is 0. The van der Waals surface area contributed by atoms with Gasteiger partial charge < -0.3 is 15.1 Å². The molecule has 7 heteroatoms.